The molecule has 0 bridgehead atoms. The molecule has 21 heavy (non-hydrogen) atoms. The van der Waals surface area contributed by atoms with E-state index in [0.717, 1.165) is 50.4 Å². The second kappa shape index (κ2) is 8.37. The maximum atomic E-state index is 6.25. The number of rotatable bonds is 7. The molecule has 1 saturated heterocycles. The van der Waals surface area contributed by atoms with Gasteiger partial charge in [0.2, 0.25) is 0 Å². The van der Waals surface area contributed by atoms with Crippen LogP contribution >= 0.6 is 0 Å². The van der Waals surface area contributed by atoms with Gasteiger partial charge in [0.1, 0.15) is 5.75 Å². The summed E-state index contributed by atoms with van der Waals surface area (Å²) < 4.78 is 16.8. The van der Waals surface area contributed by atoms with E-state index in [1.165, 1.54) is 0 Å². The lowest BCUT2D eigenvalue weighted by Gasteiger charge is -2.28. The Morgan fingerprint density at radius 2 is 1.90 bits per heavy atom. The zero-order valence-electron chi connectivity index (χ0n) is 13.1. The summed E-state index contributed by atoms with van der Waals surface area (Å²) in [5.41, 5.74) is 7.38. The number of benzene rings is 1. The van der Waals surface area contributed by atoms with Crippen LogP contribution in [-0.4, -0.2) is 33.0 Å². The highest BCUT2D eigenvalue weighted by molar-refractivity contribution is 5.29. The van der Waals surface area contributed by atoms with E-state index in [-0.39, 0.29) is 12.1 Å². The topological polar surface area (TPSA) is 53.7 Å². The normalized spacial score (nSPS) is 19.2. The van der Waals surface area contributed by atoms with E-state index in [0.29, 0.717) is 5.92 Å². The van der Waals surface area contributed by atoms with Gasteiger partial charge in [0.15, 0.2) is 0 Å². The smallest absolute Gasteiger partial charge is 0.118 e. The summed E-state index contributed by atoms with van der Waals surface area (Å²) in [7, 11) is 1.67. The van der Waals surface area contributed by atoms with E-state index in [1.54, 1.807) is 7.11 Å². The van der Waals surface area contributed by atoms with Crippen molar-refractivity contribution in [2.24, 2.45) is 11.7 Å². The molecule has 0 saturated carbocycles. The molecule has 0 radical (unpaired) electrons. The lowest BCUT2D eigenvalue weighted by Crippen LogP contribution is -2.31. The Labute approximate surface area is 127 Å². The van der Waals surface area contributed by atoms with Crippen molar-refractivity contribution in [2.75, 3.05) is 26.9 Å². The number of ether oxygens (including phenoxy) is 3. The molecule has 1 aliphatic heterocycles. The molecular formula is C17H27NO3. The van der Waals surface area contributed by atoms with Gasteiger partial charge in [-0.25, -0.2) is 0 Å². The van der Waals surface area contributed by atoms with Crippen molar-refractivity contribution in [2.45, 2.75) is 38.3 Å². The molecule has 1 fully saturated rings. The molecule has 118 valence electrons. The van der Waals surface area contributed by atoms with Crippen LogP contribution in [0.2, 0.25) is 0 Å². The third-order valence-electron chi connectivity index (χ3n) is 4.16. The van der Waals surface area contributed by atoms with Crippen LogP contribution in [-0.2, 0) is 9.47 Å². The van der Waals surface area contributed by atoms with Gasteiger partial charge in [-0.2, -0.15) is 0 Å². The van der Waals surface area contributed by atoms with Crippen LogP contribution in [0.1, 0.15) is 37.9 Å². The standard InChI is InChI=1S/C17H27NO3/c1-3-16(18)17(14-4-6-15(19-2)7-5-14)21-12-13-8-10-20-11-9-13/h4-7,13,16-17H,3,8-12,18H2,1-2H3. The third-order valence-corrected chi connectivity index (χ3v) is 4.16. The molecule has 4 nitrogen and oxygen atoms in total. The minimum atomic E-state index is -0.0521. The van der Waals surface area contributed by atoms with Crippen molar-refractivity contribution < 1.29 is 14.2 Å². The molecule has 2 unspecified atom stereocenters. The van der Waals surface area contributed by atoms with Gasteiger partial charge in [0, 0.05) is 19.3 Å². The second-order valence-electron chi connectivity index (χ2n) is 5.65. The van der Waals surface area contributed by atoms with Gasteiger partial charge in [-0.15, -0.1) is 0 Å². The molecule has 1 aliphatic rings. The lowest BCUT2D eigenvalue weighted by molar-refractivity contribution is -0.0211. The number of methoxy groups -OCH3 is 1. The largest absolute Gasteiger partial charge is 0.497 e. The van der Waals surface area contributed by atoms with Crippen LogP contribution in [0.5, 0.6) is 5.75 Å². The molecule has 4 heteroatoms. The molecule has 2 rings (SSSR count). The molecule has 0 aliphatic carbocycles. The Bertz CT molecular complexity index is 401. The Morgan fingerprint density at radius 3 is 2.48 bits per heavy atom. The van der Waals surface area contributed by atoms with Gasteiger partial charge in [-0.3, -0.25) is 0 Å². The Kier molecular flexibility index (Phi) is 6.49. The van der Waals surface area contributed by atoms with Crippen LogP contribution in [0.15, 0.2) is 24.3 Å². The van der Waals surface area contributed by atoms with Crippen LogP contribution in [0.25, 0.3) is 0 Å². The average Bonchev–Trinajstić information content (AvgIpc) is 2.56. The van der Waals surface area contributed by atoms with E-state index >= 15 is 0 Å². The van der Waals surface area contributed by atoms with Crippen molar-refractivity contribution in [3.05, 3.63) is 29.8 Å². The summed E-state index contributed by atoms with van der Waals surface area (Å²) in [6.07, 6.45) is 3.00. The Morgan fingerprint density at radius 1 is 1.24 bits per heavy atom. The summed E-state index contributed by atoms with van der Waals surface area (Å²) in [5.74, 6) is 1.44. The first kappa shape index (κ1) is 16.3. The maximum Gasteiger partial charge on any atom is 0.118 e. The van der Waals surface area contributed by atoms with Crippen LogP contribution in [0.3, 0.4) is 0 Å². The first-order chi connectivity index (χ1) is 10.2. The van der Waals surface area contributed by atoms with Gasteiger partial charge in [0.05, 0.1) is 19.8 Å². The van der Waals surface area contributed by atoms with E-state index in [4.69, 9.17) is 19.9 Å². The first-order valence-electron chi connectivity index (χ1n) is 7.83. The number of hydrogen-bond acceptors (Lipinski definition) is 4. The first-order valence-corrected chi connectivity index (χ1v) is 7.83. The predicted octanol–water partition coefficient (Wildman–Crippen LogP) is 2.92. The van der Waals surface area contributed by atoms with Crippen LogP contribution < -0.4 is 10.5 Å². The average molecular weight is 293 g/mol. The van der Waals surface area contributed by atoms with Gasteiger partial charge in [-0.1, -0.05) is 19.1 Å². The van der Waals surface area contributed by atoms with Gasteiger partial charge >= 0.3 is 0 Å². The predicted molar refractivity (Wildman–Crippen MR) is 83.5 cm³/mol. The molecule has 0 spiro atoms. The highest BCUT2D eigenvalue weighted by Crippen LogP contribution is 2.26. The molecule has 1 heterocycles. The summed E-state index contributed by atoms with van der Waals surface area (Å²) in [6, 6.07) is 8.02. The fourth-order valence-electron chi connectivity index (χ4n) is 2.63. The lowest BCUT2D eigenvalue weighted by atomic mass is 9.99. The summed E-state index contributed by atoms with van der Waals surface area (Å²) in [6.45, 7) is 4.55. The number of nitrogens with two attached hydrogens (primary N) is 1. The Balaban J connectivity index is 1.99. The van der Waals surface area contributed by atoms with E-state index in [1.807, 2.05) is 24.3 Å². The zero-order chi connectivity index (χ0) is 15.1. The monoisotopic (exact) mass is 293 g/mol. The molecule has 1 aromatic rings. The van der Waals surface area contributed by atoms with Gasteiger partial charge in [0.25, 0.3) is 0 Å². The molecule has 0 amide bonds. The summed E-state index contributed by atoms with van der Waals surface area (Å²) >= 11 is 0. The van der Waals surface area contributed by atoms with Crippen molar-refractivity contribution in [1.29, 1.82) is 0 Å². The third kappa shape index (κ3) is 4.70. The van der Waals surface area contributed by atoms with Gasteiger partial charge < -0.3 is 19.9 Å². The summed E-state index contributed by atoms with van der Waals surface area (Å²) in [4.78, 5) is 0. The molecular weight excluding hydrogens is 266 g/mol. The van der Waals surface area contributed by atoms with Crippen molar-refractivity contribution >= 4 is 0 Å². The fraction of sp³-hybridized carbons (Fsp3) is 0.647. The number of hydrogen-bond donors (Lipinski definition) is 1. The molecule has 2 N–H and O–H groups in total. The quantitative estimate of drug-likeness (QED) is 0.840. The molecule has 0 aromatic heterocycles. The molecule has 2 atom stereocenters. The fourth-order valence-corrected chi connectivity index (χ4v) is 2.63. The highest BCUT2D eigenvalue weighted by Gasteiger charge is 2.22. The Hall–Kier alpha value is -1.10. The van der Waals surface area contributed by atoms with Crippen LogP contribution in [0.4, 0.5) is 0 Å². The SMILES string of the molecule is CCC(N)C(OCC1CCOCC1)c1ccc(OC)cc1. The van der Waals surface area contributed by atoms with Crippen LogP contribution in [0, 0.1) is 5.92 Å². The van der Waals surface area contributed by atoms with E-state index in [9.17, 15) is 0 Å². The van der Waals surface area contributed by atoms with Crippen molar-refractivity contribution in [1.82, 2.24) is 0 Å². The van der Waals surface area contributed by atoms with Gasteiger partial charge in [-0.05, 0) is 42.9 Å². The van der Waals surface area contributed by atoms with E-state index in [2.05, 4.69) is 6.92 Å². The summed E-state index contributed by atoms with van der Waals surface area (Å²) in [5, 5.41) is 0. The van der Waals surface area contributed by atoms with Crippen molar-refractivity contribution in [3.63, 3.8) is 0 Å². The second-order valence-corrected chi connectivity index (χ2v) is 5.65. The molecule has 1 aromatic carbocycles. The maximum absolute atomic E-state index is 6.25. The van der Waals surface area contributed by atoms with Crippen molar-refractivity contribution in [3.8, 4) is 5.75 Å². The van der Waals surface area contributed by atoms with E-state index < -0.39 is 0 Å². The minimum Gasteiger partial charge on any atom is -0.497 e. The zero-order valence-corrected chi connectivity index (χ0v) is 13.1. The minimum absolute atomic E-state index is 0.0123. The highest BCUT2D eigenvalue weighted by atomic mass is 16.5.